The molecule has 1 rings (SSSR count). The lowest BCUT2D eigenvalue weighted by molar-refractivity contribution is 0.187. The normalized spacial score (nSPS) is 22.9. The zero-order chi connectivity index (χ0) is 11.8. The molecule has 15 heavy (non-hydrogen) atoms. The maximum atomic E-state index is 11.9. The fourth-order valence-electron chi connectivity index (χ4n) is 1.33. The molecule has 1 N–H and O–H groups in total. The zero-order valence-electron chi connectivity index (χ0n) is 7.69. The Morgan fingerprint density at radius 1 is 1.00 bits per heavy atom. The van der Waals surface area contributed by atoms with Crippen LogP contribution in [0, 0.1) is 0 Å². The molecule has 92 valence electrons. The van der Waals surface area contributed by atoms with Crippen molar-refractivity contribution in [2.75, 3.05) is 13.1 Å². The summed E-state index contributed by atoms with van der Waals surface area (Å²) >= 11 is 0. The molecule has 0 unspecified atom stereocenters. The smallest absolute Gasteiger partial charge is 0.324 e. The van der Waals surface area contributed by atoms with Crippen LogP contribution in [0.3, 0.4) is 0 Å². The quantitative estimate of drug-likeness (QED) is 0.715. The van der Waals surface area contributed by atoms with Crippen LogP contribution in [-0.4, -0.2) is 24.0 Å². The molecule has 9 heteroatoms. The number of carbonyl (C=O) groups is 1. The highest BCUT2D eigenvalue weighted by atomic mass is 32.5. The van der Waals surface area contributed by atoms with Gasteiger partial charge in [-0.05, 0) is 19.3 Å². The molecular formula is C6H11F5N2OS. The molecule has 0 aromatic heterocycles. The Labute approximate surface area is 83.5 Å². The van der Waals surface area contributed by atoms with Crippen molar-refractivity contribution in [3.8, 4) is 0 Å². The number of nitrogens with one attached hydrogen (secondary N) is 1. The van der Waals surface area contributed by atoms with Gasteiger partial charge in [-0.1, -0.05) is 19.4 Å². The number of halogens is 5. The highest BCUT2D eigenvalue weighted by Gasteiger charge is 2.65. The van der Waals surface area contributed by atoms with Crippen LogP contribution in [-0.2, 0) is 0 Å². The van der Waals surface area contributed by atoms with E-state index in [4.69, 9.17) is 0 Å². The molecule has 1 fully saturated rings. The SMILES string of the molecule is O=C(NS(F)(F)(F)(F)F)N1CCCCC1. The zero-order valence-corrected chi connectivity index (χ0v) is 8.51. The van der Waals surface area contributed by atoms with E-state index in [9.17, 15) is 24.2 Å². The number of urea groups is 1. The molecule has 0 aliphatic carbocycles. The third-order valence-electron chi connectivity index (χ3n) is 1.92. The van der Waals surface area contributed by atoms with Crippen molar-refractivity contribution < 1.29 is 24.2 Å². The molecular weight excluding hydrogens is 243 g/mol. The van der Waals surface area contributed by atoms with E-state index in [1.165, 1.54) is 0 Å². The number of piperidine rings is 1. The van der Waals surface area contributed by atoms with Crippen LogP contribution in [0.15, 0.2) is 0 Å². The molecule has 1 aliphatic heterocycles. The molecule has 0 aromatic carbocycles. The first-order valence-corrected chi connectivity index (χ1v) is 6.24. The van der Waals surface area contributed by atoms with Crippen LogP contribution in [0.4, 0.5) is 24.2 Å². The average Bonchev–Trinajstić information content (AvgIpc) is 2.00. The number of nitrogens with zero attached hydrogens (tertiary/aromatic N) is 1. The van der Waals surface area contributed by atoms with Crippen molar-refractivity contribution in [1.82, 2.24) is 9.62 Å². The molecule has 1 aliphatic rings. The minimum atomic E-state index is -9.84. The van der Waals surface area contributed by atoms with Crippen LogP contribution >= 0.6 is 10.4 Å². The van der Waals surface area contributed by atoms with Gasteiger partial charge < -0.3 is 4.90 Å². The van der Waals surface area contributed by atoms with Gasteiger partial charge in [-0.3, -0.25) is 0 Å². The number of carbonyl (C=O) groups excluding carboxylic acids is 1. The fourth-order valence-corrected chi connectivity index (χ4v) is 1.79. The standard InChI is InChI=1S/C6H11F5N2OS/c7-15(8,9,10,11)12-6(14)13-4-2-1-3-5-13/h1-5H2,(H,12,14). The lowest BCUT2D eigenvalue weighted by Crippen LogP contribution is -2.46. The second-order valence-electron chi connectivity index (χ2n) is 3.42. The van der Waals surface area contributed by atoms with Gasteiger partial charge in [0.25, 0.3) is 0 Å². The molecule has 0 bridgehead atoms. The van der Waals surface area contributed by atoms with Gasteiger partial charge >= 0.3 is 16.4 Å². The predicted octanol–water partition coefficient (Wildman–Crippen LogP) is 3.40. The maximum absolute atomic E-state index is 11.9. The van der Waals surface area contributed by atoms with Gasteiger partial charge in [0.15, 0.2) is 0 Å². The van der Waals surface area contributed by atoms with E-state index in [0.29, 0.717) is 12.8 Å². The number of rotatable bonds is 1. The summed E-state index contributed by atoms with van der Waals surface area (Å²) in [5.41, 5.74) is 0. The topological polar surface area (TPSA) is 32.3 Å². The summed E-state index contributed by atoms with van der Waals surface area (Å²) < 4.78 is 59.2. The number of amides is 2. The summed E-state index contributed by atoms with van der Waals surface area (Å²) in [5.74, 6) is 0. The fraction of sp³-hybridized carbons (Fsp3) is 0.833. The second kappa shape index (κ2) is 2.89. The van der Waals surface area contributed by atoms with Crippen molar-refractivity contribution in [2.45, 2.75) is 19.3 Å². The van der Waals surface area contributed by atoms with E-state index < -0.39 is 16.4 Å². The monoisotopic (exact) mass is 254 g/mol. The highest BCUT2D eigenvalue weighted by molar-refractivity contribution is 8.44. The van der Waals surface area contributed by atoms with E-state index in [1.54, 1.807) is 0 Å². The summed E-state index contributed by atoms with van der Waals surface area (Å²) in [6.07, 6.45) is 1.86. The molecule has 3 nitrogen and oxygen atoms in total. The third-order valence-corrected chi connectivity index (χ3v) is 2.48. The Hall–Kier alpha value is -0.730. The van der Waals surface area contributed by atoms with Crippen LogP contribution in [0.2, 0.25) is 0 Å². The lowest BCUT2D eigenvalue weighted by atomic mass is 10.1. The first kappa shape index (κ1) is 12.3. The van der Waals surface area contributed by atoms with E-state index in [0.717, 1.165) is 11.3 Å². The van der Waals surface area contributed by atoms with E-state index >= 15 is 0 Å². The summed E-state index contributed by atoms with van der Waals surface area (Å²) in [7, 11) is -9.84. The minimum absolute atomic E-state index is 0.0830. The molecule has 0 aromatic rings. The Kier molecular flexibility index (Phi) is 2.38. The molecule has 0 radical (unpaired) electrons. The summed E-state index contributed by atoms with van der Waals surface area (Å²) in [6, 6.07) is -1.76. The van der Waals surface area contributed by atoms with Gasteiger partial charge in [0.05, 0.1) is 0 Å². The second-order valence-corrected chi connectivity index (χ2v) is 5.57. The van der Waals surface area contributed by atoms with Gasteiger partial charge in [0, 0.05) is 13.1 Å². The lowest BCUT2D eigenvalue weighted by Gasteiger charge is -2.42. The Morgan fingerprint density at radius 3 is 1.87 bits per heavy atom. The van der Waals surface area contributed by atoms with Gasteiger partial charge in [0.1, 0.15) is 0 Å². The van der Waals surface area contributed by atoms with E-state index in [2.05, 4.69) is 0 Å². The summed E-state index contributed by atoms with van der Waals surface area (Å²) in [4.78, 5) is 11.6. The van der Waals surface area contributed by atoms with Gasteiger partial charge in [-0.2, -0.15) is 0 Å². The van der Waals surface area contributed by atoms with Crippen molar-refractivity contribution in [3.05, 3.63) is 0 Å². The van der Waals surface area contributed by atoms with Gasteiger partial charge in [-0.15, -0.1) is 0 Å². The molecule has 1 heterocycles. The number of hydrogen-bond acceptors (Lipinski definition) is 1. The molecule has 0 spiro atoms. The highest BCUT2D eigenvalue weighted by Crippen LogP contribution is 2.94. The Morgan fingerprint density at radius 2 is 1.47 bits per heavy atom. The molecule has 1 saturated heterocycles. The largest absolute Gasteiger partial charge is 0.365 e. The first-order chi connectivity index (χ1) is 6.47. The van der Waals surface area contributed by atoms with Gasteiger partial charge in [-0.25, -0.2) is 9.52 Å². The van der Waals surface area contributed by atoms with Crippen molar-refractivity contribution in [2.24, 2.45) is 0 Å². The van der Waals surface area contributed by atoms with Crippen LogP contribution in [0.25, 0.3) is 0 Å². The van der Waals surface area contributed by atoms with Crippen molar-refractivity contribution in [1.29, 1.82) is 0 Å². The molecule has 0 atom stereocenters. The van der Waals surface area contributed by atoms with Crippen LogP contribution in [0.5, 0.6) is 0 Å². The Bertz CT molecular complexity index is 269. The van der Waals surface area contributed by atoms with Crippen LogP contribution in [0.1, 0.15) is 19.3 Å². The van der Waals surface area contributed by atoms with E-state index in [1.807, 2.05) is 0 Å². The Balaban J connectivity index is 2.63. The van der Waals surface area contributed by atoms with Crippen molar-refractivity contribution in [3.63, 3.8) is 0 Å². The maximum Gasteiger partial charge on any atom is 0.365 e. The predicted molar refractivity (Wildman–Crippen MR) is 47.1 cm³/mol. The summed E-state index contributed by atoms with van der Waals surface area (Å²) in [6.45, 7) is 0.166. The van der Waals surface area contributed by atoms with Crippen LogP contribution < -0.4 is 4.72 Å². The molecule has 2 amide bonds. The number of hydrogen-bond donors (Lipinski definition) is 1. The number of likely N-dealkylation sites (tertiary alicyclic amines) is 1. The average molecular weight is 254 g/mol. The van der Waals surface area contributed by atoms with Gasteiger partial charge in [0.2, 0.25) is 0 Å². The first-order valence-electron chi connectivity index (χ1n) is 4.29. The van der Waals surface area contributed by atoms with E-state index in [-0.39, 0.29) is 17.8 Å². The minimum Gasteiger partial charge on any atom is -0.324 e. The summed E-state index contributed by atoms with van der Waals surface area (Å²) in [5, 5.41) is 0. The third kappa shape index (κ3) is 5.05. The molecule has 0 saturated carbocycles. The van der Waals surface area contributed by atoms with Crippen molar-refractivity contribution >= 4 is 16.4 Å².